The highest BCUT2D eigenvalue weighted by Gasteiger charge is 2.41. The highest BCUT2D eigenvalue weighted by Crippen LogP contribution is 2.34. The monoisotopic (exact) mass is 403 g/mol. The van der Waals surface area contributed by atoms with Gasteiger partial charge in [-0.2, -0.15) is 4.31 Å². The second-order valence-electron chi connectivity index (χ2n) is 7.31. The predicted octanol–water partition coefficient (Wildman–Crippen LogP) is 1.93. The lowest BCUT2D eigenvalue weighted by atomic mass is 9.83. The van der Waals surface area contributed by atoms with Crippen molar-refractivity contribution in [2.24, 2.45) is 5.92 Å². The van der Waals surface area contributed by atoms with E-state index in [2.05, 4.69) is 10.3 Å². The molecule has 2 fully saturated rings. The second kappa shape index (κ2) is 8.14. The van der Waals surface area contributed by atoms with Gasteiger partial charge in [0.05, 0.1) is 24.6 Å². The fourth-order valence-electron chi connectivity index (χ4n) is 4.27. The summed E-state index contributed by atoms with van der Waals surface area (Å²) in [5.74, 6) is -0.406. The molecule has 1 saturated heterocycles. The van der Waals surface area contributed by atoms with Crippen LogP contribution >= 0.6 is 0 Å². The number of nitrogens with zero attached hydrogens (tertiary/aromatic N) is 2. The molecule has 1 aliphatic heterocycles. The van der Waals surface area contributed by atoms with Crippen LogP contribution in [0, 0.1) is 5.92 Å². The van der Waals surface area contributed by atoms with Crippen LogP contribution in [0.15, 0.2) is 41.4 Å². The fraction of sp³-hybridized carbons (Fsp3) is 0.500. The number of benzene rings is 1. The molecule has 8 heteroatoms. The summed E-state index contributed by atoms with van der Waals surface area (Å²) in [7, 11) is -3.84. The first-order valence-corrected chi connectivity index (χ1v) is 11.2. The van der Waals surface area contributed by atoms with Crippen molar-refractivity contribution in [2.45, 2.75) is 36.6 Å². The summed E-state index contributed by atoms with van der Waals surface area (Å²) in [5.41, 5.74) is 0.458. The molecule has 0 unspecified atom stereocenters. The minimum absolute atomic E-state index is 0.0774. The molecule has 4 rings (SSSR count). The summed E-state index contributed by atoms with van der Waals surface area (Å²) in [6.45, 7) is 1.38. The third-order valence-corrected chi connectivity index (χ3v) is 7.58. The van der Waals surface area contributed by atoms with Crippen molar-refractivity contribution in [3.8, 4) is 0 Å². The van der Waals surface area contributed by atoms with Gasteiger partial charge in [0, 0.05) is 30.7 Å². The van der Waals surface area contributed by atoms with Crippen LogP contribution in [-0.4, -0.2) is 56.0 Å². The van der Waals surface area contributed by atoms with Crippen LogP contribution in [0.3, 0.4) is 0 Å². The molecule has 2 aromatic rings. The van der Waals surface area contributed by atoms with E-state index in [1.54, 1.807) is 24.4 Å². The smallest absolute Gasteiger partial charge is 0.245 e. The first-order chi connectivity index (χ1) is 13.6. The number of carbonyl (C=O) groups excluding carboxylic acids is 1. The topological polar surface area (TPSA) is 88.6 Å². The Morgan fingerprint density at radius 2 is 1.93 bits per heavy atom. The third kappa shape index (κ3) is 3.64. The van der Waals surface area contributed by atoms with Crippen LogP contribution in [-0.2, 0) is 19.6 Å². The highest BCUT2D eigenvalue weighted by molar-refractivity contribution is 7.89. The summed E-state index contributed by atoms with van der Waals surface area (Å²) in [6.07, 6.45) is 4.83. The van der Waals surface area contributed by atoms with E-state index in [0.29, 0.717) is 38.1 Å². The van der Waals surface area contributed by atoms with Crippen molar-refractivity contribution in [3.63, 3.8) is 0 Å². The van der Waals surface area contributed by atoms with Crippen LogP contribution in [0.1, 0.15) is 25.7 Å². The summed E-state index contributed by atoms with van der Waals surface area (Å²) in [5, 5.41) is 3.67. The zero-order valence-corrected chi connectivity index (χ0v) is 16.5. The van der Waals surface area contributed by atoms with Gasteiger partial charge in [0.15, 0.2) is 0 Å². The number of ether oxygens (including phenoxy) is 1. The van der Waals surface area contributed by atoms with Crippen LogP contribution < -0.4 is 5.32 Å². The largest absolute Gasteiger partial charge is 0.378 e. The molecule has 0 bridgehead atoms. The van der Waals surface area contributed by atoms with Gasteiger partial charge in [0.25, 0.3) is 0 Å². The number of carbonyl (C=O) groups is 1. The Kier molecular flexibility index (Phi) is 5.61. The normalized spacial score (nSPS) is 25.1. The molecule has 1 aromatic carbocycles. The number of fused-ring (bicyclic) bond motifs is 2. The number of nitrogens with one attached hydrogen (secondary N) is 1. The lowest BCUT2D eigenvalue weighted by molar-refractivity contribution is -0.128. The Morgan fingerprint density at radius 3 is 2.82 bits per heavy atom. The molecule has 28 heavy (non-hydrogen) atoms. The number of sulfonamides is 1. The Bertz CT molecular complexity index is 958. The summed E-state index contributed by atoms with van der Waals surface area (Å²) >= 11 is 0. The molecule has 0 spiro atoms. The van der Waals surface area contributed by atoms with Gasteiger partial charge >= 0.3 is 0 Å². The van der Waals surface area contributed by atoms with Crippen LogP contribution in [0.2, 0.25) is 0 Å². The molecule has 1 aliphatic carbocycles. The van der Waals surface area contributed by atoms with Gasteiger partial charge < -0.3 is 10.1 Å². The first-order valence-electron chi connectivity index (χ1n) is 9.80. The number of aromatic nitrogens is 1. The molecule has 7 nitrogen and oxygen atoms in total. The van der Waals surface area contributed by atoms with Crippen LogP contribution in [0.25, 0.3) is 10.9 Å². The average molecular weight is 404 g/mol. The van der Waals surface area contributed by atoms with Crippen LogP contribution in [0.5, 0.6) is 0 Å². The maximum absolute atomic E-state index is 13.7. The number of pyridine rings is 1. The van der Waals surface area contributed by atoms with Crippen molar-refractivity contribution >= 4 is 26.8 Å². The van der Waals surface area contributed by atoms with Gasteiger partial charge in [-0.3, -0.25) is 9.78 Å². The number of rotatable bonds is 2. The van der Waals surface area contributed by atoms with Crippen molar-refractivity contribution < 1.29 is 17.9 Å². The first kappa shape index (κ1) is 19.3. The fourth-order valence-corrected chi connectivity index (χ4v) is 6.11. The molecule has 150 valence electrons. The third-order valence-electron chi connectivity index (χ3n) is 5.62. The summed E-state index contributed by atoms with van der Waals surface area (Å²) in [6, 6.07) is 8.47. The van der Waals surface area contributed by atoms with Crippen molar-refractivity contribution in [2.75, 3.05) is 26.3 Å². The SMILES string of the molecule is O=C1NCCOCCN(S(=O)(=O)c2cccc3cccnc23)[C@@H]2CCCC[C@H]12. The molecular weight excluding hydrogens is 378 g/mol. The maximum Gasteiger partial charge on any atom is 0.245 e. The number of amides is 1. The maximum atomic E-state index is 13.7. The number of hydrogen-bond acceptors (Lipinski definition) is 5. The van der Waals surface area contributed by atoms with E-state index < -0.39 is 10.0 Å². The summed E-state index contributed by atoms with van der Waals surface area (Å²) in [4.78, 5) is 17.2. The zero-order valence-electron chi connectivity index (χ0n) is 15.7. The average Bonchev–Trinajstić information content (AvgIpc) is 2.72. The molecular formula is C20H25N3O4S. The van der Waals surface area contributed by atoms with Crippen molar-refractivity contribution in [1.82, 2.24) is 14.6 Å². The molecule has 1 aromatic heterocycles. The van der Waals surface area contributed by atoms with Gasteiger partial charge in [-0.1, -0.05) is 31.0 Å². The van der Waals surface area contributed by atoms with E-state index in [1.165, 1.54) is 4.31 Å². The van der Waals surface area contributed by atoms with Gasteiger partial charge in [-0.25, -0.2) is 8.42 Å². The van der Waals surface area contributed by atoms with Gasteiger partial charge in [-0.15, -0.1) is 0 Å². The Morgan fingerprint density at radius 1 is 1.11 bits per heavy atom. The lowest BCUT2D eigenvalue weighted by Gasteiger charge is -2.39. The quantitative estimate of drug-likeness (QED) is 0.828. The number of para-hydroxylation sites is 1. The zero-order chi connectivity index (χ0) is 19.6. The second-order valence-corrected chi connectivity index (χ2v) is 9.17. The standard InChI is InChI=1S/C20H25N3O4S/c24-20-16-7-1-2-8-17(16)23(12-14-27-13-11-22-20)28(25,26)18-9-3-5-15-6-4-10-21-19(15)18/h3-6,9-10,16-17H,1-2,7-8,11-14H2,(H,22,24)/t16-,17+/m0/s1. The Balaban J connectivity index is 1.79. The number of hydrogen-bond donors (Lipinski definition) is 1. The van der Waals surface area contributed by atoms with Gasteiger partial charge in [0.1, 0.15) is 4.90 Å². The Labute approximate surface area is 165 Å². The molecule has 2 aliphatic rings. The van der Waals surface area contributed by atoms with Crippen molar-refractivity contribution in [1.29, 1.82) is 0 Å². The lowest BCUT2D eigenvalue weighted by Crippen LogP contribution is -2.52. The summed E-state index contributed by atoms with van der Waals surface area (Å²) < 4.78 is 34.5. The van der Waals surface area contributed by atoms with E-state index in [4.69, 9.17) is 4.74 Å². The Hall–Kier alpha value is -2.03. The van der Waals surface area contributed by atoms with E-state index >= 15 is 0 Å². The minimum Gasteiger partial charge on any atom is -0.378 e. The van der Waals surface area contributed by atoms with E-state index in [9.17, 15) is 13.2 Å². The van der Waals surface area contributed by atoms with Crippen LogP contribution in [0.4, 0.5) is 0 Å². The predicted molar refractivity (Wildman–Crippen MR) is 105 cm³/mol. The molecule has 1 N–H and O–H groups in total. The van der Waals surface area contributed by atoms with E-state index in [1.807, 2.05) is 12.1 Å². The minimum atomic E-state index is -3.84. The van der Waals surface area contributed by atoms with Crippen molar-refractivity contribution in [3.05, 3.63) is 36.5 Å². The van der Waals surface area contributed by atoms with E-state index in [-0.39, 0.29) is 29.3 Å². The molecule has 1 amide bonds. The van der Waals surface area contributed by atoms with E-state index in [0.717, 1.165) is 18.2 Å². The molecule has 1 saturated carbocycles. The van der Waals surface area contributed by atoms with Gasteiger partial charge in [-0.05, 0) is 25.0 Å². The molecule has 0 radical (unpaired) electrons. The van der Waals surface area contributed by atoms with Gasteiger partial charge in [0.2, 0.25) is 15.9 Å². The molecule has 2 heterocycles. The highest BCUT2D eigenvalue weighted by atomic mass is 32.2. The molecule has 2 atom stereocenters.